The summed E-state index contributed by atoms with van der Waals surface area (Å²) in [4.78, 5) is 16.5. The van der Waals surface area contributed by atoms with E-state index in [-0.39, 0.29) is 6.42 Å². The monoisotopic (exact) mass is 259 g/mol. The van der Waals surface area contributed by atoms with Crippen LogP contribution in [0, 0.1) is 0 Å². The molecule has 2 aromatic rings. The molecule has 1 fully saturated rings. The Morgan fingerprint density at radius 3 is 2.67 bits per heavy atom. The Labute approximate surface area is 109 Å². The van der Waals surface area contributed by atoms with Gasteiger partial charge in [0, 0.05) is 5.92 Å². The minimum absolute atomic E-state index is 0.00739. The van der Waals surface area contributed by atoms with E-state index < -0.39 is 5.97 Å². The lowest BCUT2D eigenvalue weighted by molar-refractivity contribution is -0.136. The van der Waals surface area contributed by atoms with E-state index in [4.69, 9.17) is 5.11 Å². The summed E-state index contributed by atoms with van der Waals surface area (Å²) >= 11 is 1.65. The maximum absolute atomic E-state index is 10.9. The first-order valence-corrected chi connectivity index (χ1v) is 6.82. The number of hydrogen-bond acceptors (Lipinski definition) is 3. The highest BCUT2D eigenvalue weighted by Crippen LogP contribution is 2.44. The van der Waals surface area contributed by atoms with Crippen LogP contribution in [0.25, 0.3) is 10.4 Å². The molecule has 1 aliphatic carbocycles. The number of thiazole rings is 1. The quantitative estimate of drug-likeness (QED) is 0.916. The molecule has 0 atom stereocenters. The van der Waals surface area contributed by atoms with Crippen LogP contribution in [0.15, 0.2) is 30.3 Å². The van der Waals surface area contributed by atoms with Crippen molar-refractivity contribution >= 4 is 17.3 Å². The van der Waals surface area contributed by atoms with Gasteiger partial charge in [0.25, 0.3) is 0 Å². The van der Waals surface area contributed by atoms with Gasteiger partial charge in [-0.05, 0) is 18.4 Å². The molecule has 3 nitrogen and oxygen atoms in total. The highest BCUT2D eigenvalue weighted by molar-refractivity contribution is 7.15. The highest BCUT2D eigenvalue weighted by atomic mass is 32.1. The first kappa shape index (κ1) is 11.4. The molecule has 0 aliphatic heterocycles. The lowest BCUT2D eigenvalue weighted by atomic mass is 10.1. The van der Waals surface area contributed by atoms with E-state index in [9.17, 15) is 4.79 Å². The van der Waals surface area contributed by atoms with Crippen molar-refractivity contribution < 1.29 is 9.90 Å². The topological polar surface area (TPSA) is 50.2 Å². The Balaban J connectivity index is 2.02. The minimum Gasteiger partial charge on any atom is -0.481 e. The van der Waals surface area contributed by atoms with E-state index >= 15 is 0 Å². The van der Waals surface area contributed by atoms with Crippen molar-refractivity contribution in [3.05, 3.63) is 41.0 Å². The summed E-state index contributed by atoms with van der Waals surface area (Å²) in [6.45, 7) is 0. The number of carboxylic acid groups (broad SMARTS) is 1. The molecular weight excluding hydrogens is 246 g/mol. The molecule has 1 N–H and O–H groups in total. The van der Waals surface area contributed by atoms with Crippen molar-refractivity contribution in [3.8, 4) is 10.4 Å². The van der Waals surface area contributed by atoms with Crippen molar-refractivity contribution in [3.63, 3.8) is 0 Å². The predicted octanol–water partition coefficient (Wildman–Crippen LogP) is 3.31. The maximum atomic E-state index is 10.9. The van der Waals surface area contributed by atoms with Crippen LogP contribution in [0.5, 0.6) is 0 Å². The number of rotatable bonds is 4. The van der Waals surface area contributed by atoms with Gasteiger partial charge in [-0.25, -0.2) is 4.98 Å². The van der Waals surface area contributed by atoms with Crippen LogP contribution in [0.4, 0.5) is 0 Å². The molecule has 0 unspecified atom stereocenters. The lowest BCUT2D eigenvalue weighted by Gasteiger charge is -1.99. The molecule has 92 valence electrons. The number of benzene rings is 1. The molecule has 0 saturated heterocycles. The second-order valence-corrected chi connectivity index (χ2v) is 5.57. The van der Waals surface area contributed by atoms with Crippen molar-refractivity contribution in [2.24, 2.45) is 0 Å². The first-order valence-electron chi connectivity index (χ1n) is 6.01. The highest BCUT2D eigenvalue weighted by Gasteiger charge is 2.28. The summed E-state index contributed by atoms with van der Waals surface area (Å²) in [7, 11) is 0. The summed E-state index contributed by atoms with van der Waals surface area (Å²) in [6.07, 6.45) is 2.38. The van der Waals surface area contributed by atoms with E-state index in [0.717, 1.165) is 15.4 Å². The fraction of sp³-hybridized carbons (Fsp3) is 0.286. The standard InChI is InChI=1S/C14H13NO2S/c16-12(17)8-11-13(9-4-2-1-3-5-9)18-14(15-11)10-6-7-10/h1-5,10H,6-8H2,(H,16,17). The molecule has 18 heavy (non-hydrogen) atoms. The van der Waals surface area contributed by atoms with Gasteiger partial charge >= 0.3 is 5.97 Å². The zero-order chi connectivity index (χ0) is 12.5. The van der Waals surface area contributed by atoms with Crippen LogP contribution in [-0.2, 0) is 11.2 Å². The van der Waals surface area contributed by atoms with Gasteiger partial charge in [-0.15, -0.1) is 11.3 Å². The third-order valence-corrected chi connectivity index (χ3v) is 4.30. The minimum atomic E-state index is -0.820. The van der Waals surface area contributed by atoms with Gasteiger partial charge in [0.15, 0.2) is 0 Å². The van der Waals surface area contributed by atoms with Gasteiger partial charge in [-0.3, -0.25) is 4.79 Å². The number of aromatic nitrogens is 1. The number of aliphatic carboxylic acids is 1. The van der Waals surface area contributed by atoms with Crippen LogP contribution >= 0.6 is 11.3 Å². The molecule has 0 amide bonds. The molecule has 0 spiro atoms. The largest absolute Gasteiger partial charge is 0.481 e. The Hall–Kier alpha value is -1.68. The third kappa shape index (κ3) is 2.29. The normalized spacial score (nSPS) is 14.7. The summed E-state index contributed by atoms with van der Waals surface area (Å²) in [6, 6.07) is 9.92. The Bertz CT molecular complexity index is 573. The summed E-state index contributed by atoms with van der Waals surface area (Å²) in [5.74, 6) is -0.250. The van der Waals surface area contributed by atoms with Crippen LogP contribution in [0.1, 0.15) is 29.5 Å². The Morgan fingerprint density at radius 1 is 1.33 bits per heavy atom. The third-order valence-electron chi connectivity index (χ3n) is 3.00. The van der Waals surface area contributed by atoms with Crippen molar-refractivity contribution in [2.75, 3.05) is 0 Å². The Kier molecular flexibility index (Phi) is 2.88. The second kappa shape index (κ2) is 4.53. The van der Waals surface area contributed by atoms with Gasteiger partial charge in [0.1, 0.15) is 0 Å². The SMILES string of the molecule is O=C(O)Cc1nc(C2CC2)sc1-c1ccccc1. The maximum Gasteiger partial charge on any atom is 0.309 e. The average Bonchev–Trinajstić information content (AvgIpc) is 3.12. The average molecular weight is 259 g/mol. The number of hydrogen-bond donors (Lipinski definition) is 1. The fourth-order valence-corrected chi connectivity index (χ4v) is 3.21. The van der Waals surface area contributed by atoms with Crippen LogP contribution in [0.3, 0.4) is 0 Å². The molecule has 1 heterocycles. The van der Waals surface area contributed by atoms with E-state index in [1.165, 1.54) is 12.8 Å². The Morgan fingerprint density at radius 2 is 2.06 bits per heavy atom. The molecule has 3 rings (SSSR count). The molecule has 1 aliphatic rings. The number of carboxylic acids is 1. The predicted molar refractivity (Wildman–Crippen MR) is 70.9 cm³/mol. The van der Waals surface area contributed by atoms with Gasteiger partial charge < -0.3 is 5.11 Å². The van der Waals surface area contributed by atoms with E-state index in [1.807, 2.05) is 30.3 Å². The van der Waals surface area contributed by atoms with Gasteiger partial charge in [0.05, 0.1) is 22.0 Å². The van der Waals surface area contributed by atoms with E-state index in [1.54, 1.807) is 11.3 Å². The summed E-state index contributed by atoms with van der Waals surface area (Å²) in [5.41, 5.74) is 1.78. The smallest absolute Gasteiger partial charge is 0.309 e. The van der Waals surface area contributed by atoms with Crippen LogP contribution in [-0.4, -0.2) is 16.1 Å². The van der Waals surface area contributed by atoms with Crippen LogP contribution < -0.4 is 0 Å². The molecule has 1 aromatic carbocycles. The lowest BCUT2D eigenvalue weighted by Crippen LogP contribution is -2.01. The van der Waals surface area contributed by atoms with Crippen molar-refractivity contribution in [1.82, 2.24) is 4.98 Å². The van der Waals surface area contributed by atoms with Crippen molar-refractivity contribution in [2.45, 2.75) is 25.2 Å². The van der Waals surface area contributed by atoms with E-state index in [2.05, 4.69) is 4.98 Å². The first-order chi connectivity index (χ1) is 8.74. The molecular formula is C14H13NO2S. The van der Waals surface area contributed by atoms with E-state index in [0.29, 0.717) is 11.6 Å². The second-order valence-electron chi connectivity index (χ2n) is 4.54. The number of carbonyl (C=O) groups is 1. The van der Waals surface area contributed by atoms with Gasteiger partial charge in [-0.1, -0.05) is 30.3 Å². The summed E-state index contributed by atoms with van der Waals surface area (Å²) < 4.78 is 0. The summed E-state index contributed by atoms with van der Waals surface area (Å²) in [5, 5.41) is 10.1. The van der Waals surface area contributed by atoms with Gasteiger partial charge in [-0.2, -0.15) is 0 Å². The van der Waals surface area contributed by atoms with Gasteiger partial charge in [0.2, 0.25) is 0 Å². The molecule has 1 aromatic heterocycles. The number of nitrogens with zero attached hydrogens (tertiary/aromatic N) is 1. The zero-order valence-electron chi connectivity index (χ0n) is 9.80. The molecule has 1 saturated carbocycles. The molecule has 0 bridgehead atoms. The zero-order valence-corrected chi connectivity index (χ0v) is 10.6. The molecule has 4 heteroatoms. The van der Waals surface area contributed by atoms with Crippen molar-refractivity contribution in [1.29, 1.82) is 0 Å². The fourth-order valence-electron chi connectivity index (χ4n) is 1.95. The van der Waals surface area contributed by atoms with Crippen LogP contribution in [0.2, 0.25) is 0 Å². The molecule has 0 radical (unpaired) electrons.